The molecule has 0 bridgehead atoms. The summed E-state index contributed by atoms with van der Waals surface area (Å²) in [7, 11) is 0. The van der Waals surface area contributed by atoms with E-state index in [4.69, 9.17) is 10.5 Å². The van der Waals surface area contributed by atoms with Crippen molar-refractivity contribution in [2.75, 3.05) is 6.61 Å². The molecular formula is C17H27NO. The number of hydrogen-bond acceptors (Lipinski definition) is 2. The second-order valence-electron chi connectivity index (χ2n) is 6.01. The number of rotatable bonds is 4. The molecule has 0 heterocycles. The minimum absolute atomic E-state index is 0.00234. The summed E-state index contributed by atoms with van der Waals surface area (Å²) in [5, 5.41) is 0. The maximum atomic E-state index is 6.34. The fraction of sp³-hybridized carbons (Fsp3) is 0.647. The van der Waals surface area contributed by atoms with Crippen molar-refractivity contribution in [3.63, 3.8) is 0 Å². The lowest BCUT2D eigenvalue weighted by molar-refractivity contribution is 0.0205. The Kier molecular flexibility index (Phi) is 5.00. The van der Waals surface area contributed by atoms with Crippen molar-refractivity contribution in [2.24, 2.45) is 5.73 Å². The zero-order valence-corrected chi connectivity index (χ0v) is 12.5. The average molecular weight is 261 g/mol. The van der Waals surface area contributed by atoms with E-state index in [1.54, 1.807) is 0 Å². The van der Waals surface area contributed by atoms with Gasteiger partial charge in [-0.25, -0.2) is 0 Å². The minimum atomic E-state index is 0.00234. The van der Waals surface area contributed by atoms with Crippen LogP contribution in [0.4, 0.5) is 0 Å². The van der Waals surface area contributed by atoms with Gasteiger partial charge in [0.2, 0.25) is 0 Å². The fourth-order valence-electron chi connectivity index (χ4n) is 3.33. The summed E-state index contributed by atoms with van der Waals surface area (Å²) in [6.45, 7) is 7.08. The predicted octanol–water partition coefficient (Wildman–Crippen LogP) is 3.96. The quantitative estimate of drug-likeness (QED) is 0.890. The van der Waals surface area contributed by atoms with E-state index in [2.05, 4.69) is 32.9 Å². The molecule has 1 atom stereocenters. The highest BCUT2D eigenvalue weighted by Crippen LogP contribution is 2.25. The Morgan fingerprint density at radius 2 is 1.68 bits per heavy atom. The second kappa shape index (κ2) is 6.53. The van der Waals surface area contributed by atoms with Gasteiger partial charge in [0.15, 0.2) is 0 Å². The molecule has 1 aromatic rings. The van der Waals surface area contributed by atoms with Crippen molar-refractivity contribution < 1.29 is 4.74 Å². The number of aryl methyl sites for hydroxylation is 3. The molecule has 2 rings (SSSR count). The van der Waals surface area contributed by atoms with Gasteiger partial charge in [-0.1, -0.05) is 37.0 Å². The molecule has 0 spiro atoms. The Morgan fingerprint density at radius 1 is 1.11 bits per heavy atom. The first kappa shape index (κ1) is 14.5. The monoisotopic (exact) mass is 261 g/mol. The molecule has 0 radical (unpaired) electrons. The first-order chi connectivity index (χ1) is 9.08. The molecule has 19 heavy (non-hydrogen) atoms. The fourth-order valence-corrected chi connectivity index (χ4v) is 3.33. The maximum Gasteiger partial charge on any atom is 0.0663 e. The largest absolute Gasteiger partial charge is 0.376 e. The third kappa shape index (κ3) is 3.80. The van der Waals surface area contributed by atoms with Crippen molar-refractivity contribution in [3.8, 4) is 0 Å². The van der Waals surface area contributed by atoms with Crippen LogP contribution in [0.2, 0.25) is 0 Å². The molecule has 2 heteroatoms. The van der Waals surface area contributed by atoms with E-state index in [9.17, 15) is 0 Å². The molecule has 1 aliphatic carbocycles. The maximum absolute atomic E-state index is 6.34. The molecule has 2 N–H and O–H groups in total. The van der Waals surface area contributed by atoms with Crippen LogP contribution in [0.25, 0.3) is 0 Å². The summed E-state index contributed by atoms with van der Waals surface area (Å²) in [6.07, 6.45) is 6.83. The number of nitrogens with two attached hydrogens (primary N) is 1. The lowest BCUT2D eigenvalue weighted by atomic mass is 9.94. The lowest BCUT2D eigenvalue weighted by Gasteiger charge is -2.25. The van der Waals surface area contributed by atoms with E-state index in [1.165, 1.54) is 54.4 Å². The highest BCUT2D eigenvalue weighted by Gasteiger charge is 2.17. The van der Waals surface area contributed by atoms with Crippen LogP contribution in [0.1, 0.15) is 60.4 Å². The molecule has 1 aromatic carbocycles. The van der Waals surface area contributed by atoms with E-state index in [1.807, 2.05) is 0 Å². The van der Waals surface area contributed by atoms with Crippen LogP contribution >= 0.6 is 0 Å². The van der Waals surface area contributed by atoms with Gasteiger partial charge in [-0.3, -0.25) is 0 Å². The smallest absolute Gasteiger partial charge is 0.0663 e. The van der Waals surface area contributed by atoms with Gasteiger partial charge in [0.05, 0.1) is 18.8 Å². The predicted molar refractivity (Wildman–Crippen MR) is 80.4 cm³/mol. The molecule has 1 aliphatic rings. The van der Waals surface area contributed by atoms with Gasteiger partial charge in [-0.2, -0.15) is 0 Å². The van der Waals surface area contributed by atoms with Crippen LogP contribution < -0.4 is 5.73 Å². The normalized spacial score (nSPS) is 18.5. The standard InChI is InChI=1S/C17H27NO/c1-12-9-13(2)17(14(3)10-12)16(18)11-19-15-7-5-4-6-8-15/h9-10,15-16H,4-8,11,18H2,1-3H3. The van der Waals surface area contributed by atoms with Crippen molar-refractivity contribution in [1.82, 2.24) is 0 Å². The summed E-state index contributed by atoms with van der Waals surface area (Å²) in [4.78, 5) is 0. The van der Waals surface area contributed by atoms with Crippen LogP contribution in [0.3, 0.4) is 0 Å². The van der Waals surface area contributed by atoms with Gasteiger partial charge >= 0.3 is 0 Å². The molecule has 1 fully saturated rings. The number of ether oxygens (including phenoxy) is 1. The third-order valence-corrected chi connectivity index (χ3v) is 4.17. The van der Waals surface area contributed by atoms with Gasteiger partial charge in [0, 0.05) is 0 Å². The van der Waals surface area contributed by atoms with Gasteiger partial charge < -0.3 is 10.5 Å². The van der Waals surface area contributed by atoms with E-state index in [0.29, 0.717) is 12.7 Å². The van der Waals surface area contributed by atoms with Crippen molar-refractivity contribution in [1.29, 1.82) is 0 Å². The molecule has 1 saturated carbocycles. The van der Waals surface area contributed by atoms with Crippen molar-refractivity contribution in [3.05, 3.63) is 34.4 Å². The topological polar surface area (TPSA) is 35.2 Å². The summed E-state index contributed by atoms with van der Waals surface area (Å²) in [5.74, 6) is 0. The van der Waals surface area contributed by atoms with E-state index >= 15 is 0 Å². The molecule has 0 saturated heterocycles. The van der Waals surface area contributed by atoms with E-state index in [-0.39, 0.29) is 6.04 Å². The zero-order valence-electron chi connectivity index (χ0n) is 12.5. The van der Waals surface area contributed by atoms with Crippen LogP contribution in [-0.2, 0) is 4.74 Å². The van der Waals surface area contributed by atoms with Gasteiger partial charge in [-0.15, -0.1) is 0 Å². The van der Waals surface area contributed by atoms with Crippen molar-refractivity contribution in [2.45, 2.75) is 65.0 Å². The summed E-state index contributed by atoms with van der Waals surface area (Å²) in [5.41, 5.74) is 11.5. The van der Waals surface area contributed by atoms with E-state index < -0.39 is 0 Å². The molecule has 106 valence electrons. The van der Waals surface area contributed by atoms with Crippen LogP contribution in [-0.4, -0.2) is 12.7 Å². The Hall–Kier alpha value is -0.860. The minimum Gasteiger partial charge on any atom is -0.376 e. The van der Waals surface area contributed by atoms with Gasteiger partial charge in [0.1, 0.15) is 0 Å². The summed E-state index contributed by atoms with van der Waals surface area (Å²) in [6, 6.07) is 4.42. The average Bonchev–Trinajstić information content (AvgIpc) is 2.36. The van der Waals surface area contributed by atoms with Crippen LogP contribution in [0.15, 0.2) is 12.1 Å². The van der Waals surface area contributed by atoms with E-state index in [0.717, 1.165) is 0 Å². The molecule has 0 aliphatic heterocycles. The highest BCUT2D eigenvalue weighted by atomic mass is 16.5. The van der Waals surface area contributed by atoms with Crippen molar-refractivity contribution >= 4 is 0 Å². The molecule has 1 unspecified atom stereocenters. The Labute approximate surface area is 117 Å². The molecular weight excluding hydrogens is 234 g/mol. The molecule has 0 amide bonds. The van der Waals surface area contributed by atoms with Crippen LogP contribution in [0.5, 0.6) is 0 Å². The Bertz CT molecular complexity index is 398. The van der Waals surface area contributed by atoms with Gasteiger partial charge in [-0.05, 0) is 50.3 Å². The number of hydrogen-bond donors (Lipinski definition) is 1. The summed E-state index contributed by atoms with van der Waals surface area (Å²) < 4.78 is 6.01. The van der Waals surface area contributed by atoms with Crippen LogP contribution in [0, 0.1) is 20.8 Å². The number of benzene rings is 1. The molecule has 2 nitrogen and oxygen atoms in total. The first-order valence-corrected chi connectivity index (χ1v) is 7.53. The zero-order chi connectivity index (χ0) is 13.8. The summed E-state index contributed by atoms with van der Waals surface area (Å²) >= 11 is 0. The third-order valence-electron chi connectivity index (χ3n) is 4.17. The molecule has 0 aromatic heterocycles. The Morgan fingerprint density at radius 3 is 2.26 bits per heavy atom. The lowest BCUT2D eigenvalue weighted by Crippen LogP contribution is -2.25. The Balaban J connectivity index is 1.97. The first-order valence-electron chi connectivity index (χ1n) is 7.53. The second-order valence-corrected chi connectivity index (χ2v) is 6.01. The SMILES string of the molecule is Cc1cc(C)c(C(N)COC2CCCCC2)c(C)c1. The highest BCUT2D eigenvalue weighted by molar-refractivity contribution is 5.39. The van der Waals surface area contributed by atoms with Gasteiger partial charge in [0.25, 0.3) is 0 Å².